The third-order valence-corrected chi connectivity index (χ3v) is 8.73. The summed E-state index contributed by atoms with van der Waals surface area (Å²) in [7, 11) is 3.27. The SMILES string of the molecule is C=CC1=C(/C=C\C)C(CC)N(Cc2cccc(-c3cccc(-n4ncc(C(=O)OC)c4C4C[C@@H]4c4cn(C)nn4)c3)c2)CCO1. The first kappa shape index (κ1) is 30.3. The van der Waals surface area contributed by atoms with E-state index in [4.69, 9.17) is 9.47 Å². The number of carbonyl (C=O) groups excluding carboxylic acids is 1. The van der Waals surface area contributed by atoms with Crippen LogP contribution in [-0.2, 0) is 23.1 Å². The number of esters is 1. The van der Waals surface area contributed by atoms with Crippen LogP contribution in [0.2, 0.25) is 0 Å². The van der Waals surface area contributed by atoms with Gasteiger partial charge in [-0.25, -0.2) is 9.48 Å². The molecular weight excluding hydrogens is 564 g/mol. The van der Waals surface area contributed by atoms with Crippen LogP contribution < -0.4 is 0 Å². The molecule has 0 radical (unpaired) electrons. The van der Waals surface area contributed by atoms with E-state index in [1.807, 2.05) is 43.1 Å². The summed E-state index contributed by atoms with van der Waals surface area (Å²) in [5.41, 5.74) is 7.75. The van der Waals surface area contributed by atoms with Crippen molar-refractivity contribution in [1.29, 1.82) is 0 Å². The van der Waals surface area contributed by atoms with E-state index in [1.165, 1.54) is 18.2 Å². The van der Waals surface area contributed by atoms with E-state index in [-0.39, 0.29) is 23.8 Å². The molecule has 232 valence electrons. The molecular formula is C36H40N6O3. The van der Waals surface area contributed by atoms with E-state index in [0.717, 1.165) is 59.9 Å². The number of aryl methyl sites for hydroxylation is 1. The average Bonchev–Trinajstić information content (AvgIpc) is 3.58. The van der Waals surface area contributed by atoms with E-state index >= 15 is 0 Å². The lowest BCUT2D eigenvalue weighted by molar-refractivity contribution is 0.0599. The lowest BCUT2D eigenvalue weighted by Gasteiger charge is -2.30. The smallest absolute Gasteiger partial charge is 0.341 e. The second-order valence-electron chi connectivity index (χ2n) is 11.6. The van der Waals surface area contributed by atoms with Crippen molar-refractivity contribution in [3.05, 3.63) is 120 Å². The molecule has 4 aromatic rings. The Morgan fingerprint density at radius 1 is 1.16 bits per heavy atom. The fourth-order valence-corrected chi connectivity index (χ4v) is 6.54. The molecule has 0 bridgehead atoms. The second kappa shape index (κ2) is 13.1. The van der Waals surface area contributed by atoms with Crippen LogP contribution in [0.25, 0.3) is 16.8 Å². The molecule has 3 atom stereocenters. The van der Waals surface area contributed by atoms with Crippen LogP contribution in [0.5, 0.6) is 0 Å². The average molecular weight is 605 g/mol. The number of carbonyl (C=O) groups is 1. The number of methoxy groups -OCH3 is 1. The van der Waals surface area contributed by atoms with Gasteiger partial charge in [-0.3, -0.25) is 9.58 Å². The Kier molecular flexibility index (Phi) is 8.80. The highest BCUT2D eigenvalue weighted by Gasteiger charge is 2.46. The first-order valence-electron chi connectivity index (χ1n) is 15.5. The number of allylic oxidation sites excluding steroid dienone is 2. The van der Waals surface area contributed by atoms with E-state index in [1.54, 1.807) is 10.9 Å². The molecule has 2 unspecified atom stereocenters. The van der Waals surface area contributed by atoms with Gasteiger partial charge in [-0.15, -0.1) is 5.10 Å². The van der Waals surface area contributed by atoms with Crippen molar-refractivity contribution in [2.45, 2.75) is 51.1 Å². The zero-order valence-corrected chi connectivity index (χ0v) is 26.4. The second-order valence-corrected chi connectivity index (χ2v) is 11.6. The molecule has 9 nitrogen and oxygen atoms in total. The van der Waals surface area contributed by atoms with Gasteiger partial charge >= 0.3 is 5.97 Å². The Morgan fingerprint density at radius 3 is 2.67 bits per heavy atom. The van der Waals surface area contributed by atoms with Gasteiger partial charge in [0, 0.05) is 49.8 Å². The molecule has 2 aliphatic rings. The lowest BCUT2D eigenvalue weighted by Crippen LogP contribution is -2.36. The molecule has 0 spiro atoms. The highest BCUT2D eigenvalue weighted by molar-refractivity contribution is 5.91. The quantitative estimate of drug-likeness (QED) is 0.195. The summed E-state index contributed by atoms with van der Waals surface area (Å²) in [6.07, 6.45) is 11.4. The number of hydrogen-bond donors (Lipinski definition) is 0. The van der Waals surface area contributed by atoms with Crippen molar-refractivity contribution in [3.63, 3.8) is 0 Å². The normalized spacial score (nSPS) is 20.2. The van der Waals surface area contributed by atoms with Crippen molar-refractivity contribution in [1.82, 2.24) is 29.7 Å². The summed E-state index contributed by atoms with van der Waals surface area (Å²) in [5, 5.41) is 13.1. The molecule has 0 amide bonds. The van der Waals surface area contributed by atoms with Crippen molar-refractivity contribution in [2.24, 2.45) is 7.05 Å². The summed E-state index contributed by atoms with van der Waals surface area (Å²) in [4.78, 5) is 15.3. The van der Waals surface area contributed by atoms with Gasteiger partial charge < -0.3 is 9.47 Å². The van der Waals surface area contributed by atoms with Crippen LogP contribution in [0.3, 0.4) is 0 Å². The molecule has 2 aromatic heterocycles. The van der Waals surface area contributed by atoms with Crippen LogP contribution in [0.15, 0.2) is 97.1 Å². The highest BCUT2D eigenvalue weighted by Crippen LogP contribution is 2.55. The van der Waals surface area contributed by atoms with Gasteiger partial charge in [0.1, 0.15) is 17.9 Å². The van der Waals surface area contributed by atoms with Crippen molar-refractivity contribution < 1.29 is 14.3 Å². The number of benzene rings is 2. The van der Waals surface area contributed by atoms with Gasteiger partial charge in [0.2, 0.25) is 0 Å². The van der Waals surface area contributed by atoms with Gasteiger partial charge in [0.05, 0.1) is 30.4 Å². The fourth-order valence-electron chi connectivity index (χ4n) is 6.54. The summed E-state index contributed by atoms with van der Waals surface area (Å²) >= 11 is 0. The third-order valence-electron chi connectivity index (χ3n) is 8.73. The standard InChI is InChI=1S/C36H40N6O3/c1-6-11-28-33(7-2)41(16-17-45-34(28)8-3)22-24-12-9-13-25(18-24)26-14-10-15-27(19-26)42-35(31(21-37-42)36(43)44-5)30-20-29(30)32-23-40(4)39-38-32/h6,8-15,18-19,21,23,29-30,33H,3,7,16-17,20,22H2,1-2,4-5H3/b11-6-/t29-,30?,33?/m0/s1. The summed E-state index contributed by atoms with van der Waals surface area (Å²) in [5.74, 6) is 0.759. The van der Waals surface area contributed by atoms with E-state index in [0.29, 0.717) is 12.2 Å². The van der Waals surface area contributed by atoms with Crippen molar-refractivity contribution >= 4 is 5.97 Å². The minimum Gasteiger partial charge on any atom is -0.492 e. The molecule has 3 heterocycles. The van der Waals surface area contributed by atoms with Crippen LogP contribution in [-0.4, -0.2) is 61.9 Å². The Bertz CT molecular complexity index is 1770. The maximum atomic E-state index is 12.8. The largest absolute Gasteiger partial charge is 0.492 e. The molecule has 1 aliphatic carbocycles. The number of nitrogens with zero attached hydrogens (tertiary/aromatic N) is 6. The van der Waals surface area contributed by atoms with E-state index in [9.17, 15) is 4.79 Å². The third kappa shape index (κ3) is 6.13. The van der Waals surface area contributed by atoms with Crippen molar-refractivity contribution in [3.8, 4) is 16.8 Å². The van der Waals surface area contributed by atoms with Crippen LogP contribution in [0.1, 0.15) is 65.8 Å². The topological polar surface area (TPSA) is 87.3 Å². The Morgan fingerprint density at radius 2 is 1.96 bits per heavy atom. The van der Waals surface area contributed by atoms with Crippen LogP contribution in [0, 0.1) is 0 Å². The lowest BCUT2D eigenvalue weighted by atomic mass is 9.98. The number of ether oxygens (including phenoxy) is 2. The first-order chi connectivity index (χ1) is 21.9. The first-order valence-corrected chi connectivity index (χ1v) is 15.5. The van der Waals surface area contributed by atoms with E-state index in [2.05, 4.69) is 82.4 Å². The monoisotopic (exact) mass is 604 g/mol. The molecule has 1 saturated carbocycles. The number of hydrogen-bond acceptors (Lipinski definition) is 7. The highest BCUT2D eigenvalue weighted by atomic mass is 16.5. The fraction of sp³-hybridized carbons (Fsp3) is 0.333. The predicted molar refractivity (Wildman–Crippen MR) is 174 cm³/mol. The van der Waals surface area contributed by atoms with Crippen LogP contribution >= 0.6 is 0 Å². The number of rotatable bonds is 10. The van der Waals surface area contributed by atoms with Gasteiger partial charge in [0.15, 0.2) is 0 Å². The Hall–Kier alpha value is -4.76. The predicted octanol–water partition coefficient (Wildman–Crippen LogP) is 6.35. The van der Waals surface area contributed by atoms with E-state index < -0.39 is 0 Å². The maximum Gasteiger partial charge on any atom is 0.341 e. The zero-order valence-electron chi connectivity index (χ0n) is 26.4. The summed E-state index contributed by atoms with van der Waals surface area (Å²) in [6.45, 7) is 10.5. The molecule has 45 heavy (non-hydrogen) atoms. The van der Waals surface area contributed by atoms with Crippen LogP contribution in [0.4, 0.5) is 0 Å². The number of aromatic nitrogens is 5. The minimum absolute atomic E-state index is 0.0949. The molecule has 0 N–H and O–H groups in total. The van der Waals surface area contributed by atoms with Gasteiger partial charge in [0.25, 0.3) is 0 Å². The van der Waals surface area contributed by atoms with Gasteiger partial charge in [-0.05, 0) is 60.7 Å². The molecule has 9 heteroatoms. The molecule has 6 rings (SSSR count). The minimum atomic E-state index is -0.387. The van der Waals surface area contributed by atoms with Gasteiger partial charge in [-0.2, -0.15) is 5.10 Å². The molecule has 1 fully saturated rings. The maximum absolute atomic E-state index is 12.8. The Balaban J connectivity index is 1.29. The molecule has 2 aromatic carbocycles. The van der Waals surface area contributed by atoms with Crippen molar-refractivity contribution in [2.75, 3.05) is 20.3 Å². The van der Waals surface area contributed by atoms with Gasteiger partial charge in [-0.1, -0.05) is 61.2 Å². The Labute approximate surface area is 264 Å². The zero-order chi connectivity index (χ0) is 31.5. The molecule has 1 aliphatic heterocycles. The summed E-state index contributed by atoms with van der Waals surface area (Å²) in [6, 6.07) is 17.3. The summed E-state index contributed by atoms with van der Waals surface area (Å²) < 4.78 is 14.8. The molecule has 0 saturated heterocycles.